The molecule has 0 aliphatic heterocycles. The summed E-state index contributed by atoms with van der Waals surface area (Å²) < 4.78 is 0. The van der Waals surface area contributed by atoms with Crippen LogP contribution < -0.4 is 11.5 Å². The monoisotopic (exact) mass is 434 g/mol. The van der Waals surface area contributed by atoms with E-state index in [1.807, 2.05) is 72.8 Å². The Bertz CT molecular complexity index is 874. The highest BCUT2D eigenvalue weighted by Crippen LogP contribution is 2.30. The lowest BCUT2D eigenvalue weighted by Crippen LogP contribution is -1.83. The average molecular weight is 435 g/mol. The molecule has 0 aromatic heterocycles. The van der Waals surface area contributed by atoms with Crippen molar-refractivity contribution >= 4 is 34.9 Å². The molecule has 4 aromatic rings. The van der Waals surface area contributed by atoms with Crippen molar-refractivity contribution in [3.8, 4) is 11.5 Å². The highest BCUT2D eigenvalue weighted by molar-refractivity contribution is 7.99. The van der Waals surface area contributed by atoms with Crippen LogP contribution >= 0.6 is 23.5 Å². The molecule has 6 heteroatoms. The number of nitrogen functional groups attached to an aromatic ring is 2. The zero-order valence-electron chi connectivity index (χ0n) is 16.1. The molecule has 0 unspecified atom stereocenters. The predicted molar refractivity (Wildman–Crippen MR) is 126 cm³/mol. The molecule has 0 aliphatic rings. The van der Waals surface area contributed by atoms with Crippen LogP contribution in [0, 0.1) is 0 Å². The van der Waals surface area contributed by atoms with E-state index in [4.69, 9.17) is 21.7 Å². The molecule has 0 saturated heterocycles. The molecule has 0 aliphatic carbocycles. The zero-order chi connectivity index (χ0) is 21.3. The van der Waals surface area contributed by atoms with Crippen LogP contribution in [-0.4, -0.2) is 10.2 Å². The molecule has 0 bridgehead atoms. The molecule has 0 heterocycles. The van der Waals surface area contributed by atoms with Gasteiger partial charge in [0.05, 0.1) is 0 Å². The van der Waals surface area contributed by atoms with Gasteiger partial charge in [-0.2, -0.15) is 0 Å². The number of rotatable bonds is 4. The van der Waals surface area contributed by atoms with Crippen LogP contribution in [-0.2, 0) is 0 Å². The van der Waals surface area contributed by atoms with Gasteiger partial charge in [0.1, 0.15) is 11.5 Å². The molecule has 152 valence electrons. The first-order valence-corrected chi connectivity index (χ1v) is 10.8. The van der Waals surface area contributed by atoms with Crippen LogP contribution in [0.15, 0.2) is 117 Å². The smallest absolute Gasteiger partial charge is 0.115 e. The van der Waals surface area contributed by atoms with Crippen molar-refractivity contribution in [3.05, 3.63) is 97.1 Å². The van der Waals surface area contributed by atoms with E-state index in [9.17, 15) is 0 Å². The van der Waals surface area contributed by atoms with E-state index in [1.165, 1.54) is 9.79 Å². The Morgan fingerprint density at radius 1 is 0.400 bits per heavy atom. The van der Waals surface area contributed by atoms with Crippen molar-refractivity contribution in [2.45, 2.75) is 19.6 Å². The minimum Gasteiger partial charge on any atom is -0.508 e. The van der Waals surface area contributed by atoms with Gasteiger partial charge in [-0.1, -0.05) is 23.5 Å². The van der Waals surface area contributed by atoms with Crippen molar-refractivity contribution in [1.82, 2.24) is 0 Å². The van der Waals surface area contributed by atoms with Gasteiger partial charge < -0.3 is 21.7 Å². The largest absolute Gasteiger partial charge is 0.508 e. The molecule has 30 heavy (non-hydrogen) atoms. The Morgan fingerprint density at radius 2 is 0.633 bits per heavy atom. The summed E-state index contributed by atoms with van der Waals surface area (Å²) in [7, 11) is 0. The van der Waals surface area contributed by atoms with Gasteiger partial charge in [-0.15, -0.1) is 0 Å². The van der Waals surface area contributed by atoms with Gasteiger partial charge in [-0.3, -0.25) is 0 Å². The molecule has 0 amide bonds. The van der Waals surface area contributed by atoms with Gasteiger partial charge in [0.25, 0.3) is 0 Å². The lowest BCUT2D eigenvalue weighted by atomic mass is 10.3. The van der Waals surface area contributed by atoms with Crippen LogP contribution in [0.25, 0.3) is 0 Å². The maximum atomic E-state index is 9.12. The number of hydrogen-bond donors (Lipinski definition) is 4. The molecule has 0 fully saturated rings. The van der Waals surface area contributed by atoms with Crippen molar-refractivity contribution in [1.29, 1.82) is 0 Å². The van der Waals surface area contributed by atoms with E-state index in [0.717, 1.165) is 21.2 Å². The third-order valence-corrected chi connectivity index (χ3v) is 5.94. The summed E-state index contributed by atoms with van der Waals surface area (Å²) in [5.74, 6) is 0.537. The second-order valence-corrected chi connectivity index (χ2v) is 8.62. The first-order chi connectivity index (χ1) is 14.5. The molecule has 4 rings (SSSR count). The number of nitrogens with two attached hydrogens (primary N) is 2. The Balaban J connectivity index is 0.000000171. The summed E-state index contributed by atoms with van der Waals surface area (Å²) >= 11 is 3.28. The Kier molecular flexibility index (Phi) is 7.54. The molecule has 4 aromatic carbocycles. The van der Waals surface area contributed by atoms with Crippen LogP contribution in [0.4, 0.5) is 11.4 Å². The topological polar surface area (TPSA) is 92.5 Å². The second kappa shape index (κ2) is 10.5. The normalized spacial score (nSPS) is 10.1. The van der Waals surface area contributed by atoms with Crippen LogP contribution in [0.2, 0.25) is 0 Å². The van der Waals surface area contributed by atoms with Crippen molar-refractivity contribution in [2.24, 2.45) is 0 Å². The second-order valence-electron chi connectivity index (χ2n) is 6.33. The summed E-state index contributed by atoms with van der Waals surface area (Å²) in [4.78, 5) is 4.46. The molecular weight excluding hydrogens is 412 g/mol. The molecular formula is C24H22N2O2S2. The SMILES string of the molecule is Nc1ccc(Sc2ccc(N)cc2)cc1.Oc1ccc(Sc2ccc(O)cc2)cc1. The van der Waals surface area contributed by atoms with Gasteiger partial charge in [-0.25, -0.2) is 0 Å². The number of aromatic hydroxyl groups is 2. The van der Waals surface area contributed by atoms with Crippen LogP contribution in [0.5, 0.6) is 11.5 Å². The fourth-order valence-corrected chi connectivity index (χ4v) is 4.01. The van der Waals surface area contributed by atoms with E-state index in [1.54, 1.807) is 47.8 Å². The number of anilines is 2. The fraction of sp³-hybridized carbons (Fsp3) is 0. The first-order valence-electron chi connectivity index (χ1n) is 9.13. The minimum absolute atomic E-state index is 0.269. The molecule has 0 saturated carbocycles. The lowest BCUT2D eigenvalue weighted by Gasteiger charge is -2.02. The Hall–Kier alpha value is -3.22. The molecule has 0 radical (unpaired) electrons. The molecule has 6 N–H and O–H groups in total. The third kappa shape index (κ3) is 6.99. The number of benzene rings is 4. The van der Waals surface area contributed by atoms with Crippen molar-refractivity contribution in [2.75, 3.05) is 11.5 Å². The van der Waals surface area contributed by atoms with Gasteiger partial charge in [0.15, 0.2) is 0 Å². The lowest BCUT2D eigenvalue weighted by molar-refractivity contribution is 0.474. The van der Waals surface area contributed by atoms with Gasteiger partial charge in [0, 0.05) is 31.0 Å². The summed E-state index contributed by atoms with van der Waals surface area (Å²) in [5, 5.41) is 18.2. The number of hydrogen-bond acceptors (Lipinski definition) is 6. The first kappa shape index (κ1) is 21.5. The minimum atomic E-state index is 0.269. The van der Waals surface area contributed by atoms with E-state index in [0.29, 0.717) is 0 Å². The summed E-state index contributed by atoms with van der Waals surface area (Å²) in [6.07, 6.45) is 0. The highest BCUT2D eigenvalue weighted by atomic mass is 32.2. The summed E-state index contributed by atoms with van der Waals surface area (Å²) in [6.45, 7) is 0. The Labute approximate surface area is 184 Å². The van der Waals surface area contributed by atoms with E-state index < -0.39 is 0 Å². The van der Waals surface area contributed by atoms with Crippen LogP contribution in [0.1, 0.15) is 0 Å². The zero-order valence-corrected chi connectivity index (χ0v) is 17.7. The quantitative estimate of drug-likeness (QED) is 0.284. The van der Waals surface area contributed by atoms with Crippen molar-refractivity contribution in [3.63, 3.8) is 0 Å². The fourth-order valence-electron chi connectivity index (χ4n) is 2.37. The van der Waals surface area contributed by atoms with E-state index in [-0.39, 0.29) is 11.5 Å². The predicted octanol–water partition coefficient (Wildman–Crippen LogP) is 6.25. The number of phenolic OH excluding ortho intramolecular Hbond substituents is 2. The molecule has 4 nitrogen and oxygen atoms in total. The maximum absolute atomic E-state index is 9.12. The van der Waals surface area contributed by atoms with Gasteiger partial charge in [-0.05, 0) is 97.1 Å². The maximum Gasteiger partial charge on any atom is 0.115 e. The summed E-state index contributed by atoms with van der Waals surface area (Å²) in [5.41, 5.74) is 12.8. The van der Waals surface area contributed by atoms with E-state index >= 15 is 0 Å². The molecule has 0 spiro atoms. The van der Waals surface area contributed by atoms with Gasteiger partial charge >= 0.3 is 0 Å². The highest BCUT2D eigenvalue weighted by Gasteiger charge is 1.98. The average Bonchev–Trinajstić information content (AvgIpc) is 2.75. The van der Waals surface area contributed by atoms with E-state index in [2.05, 4.69) is 0 Å². The summed E-state index contributed by atoms with van der Waals surface area (Å²) in [6, 6.07) is 29.7. The van der Waals surface area contributed by atoms with Gasteiger partial charge in [0.2, 0.25) is 0 Å². The number of phenols is 2. The van der Waals surface area contributed by atoms with Crippen LogP contribution in [0.3, 0.4) is 0 Å². The third-order valence-electron chi connectivity index (χ3n) is 3.91. The van der Waals surface area contributed by atoms with Crippen molar-refractivity contribution < 1.29 is 10.2 Å². The Morgan fingerprint density at radius 3 is 0.900 bits per heavy atom. The molecule has 0 atom stereocenters. The standard InChI is InChI=1S/C12H12N2S.C12H10O2S/c2*13-9-1-5-11(6-2-9)15-12-7-3-10(14)4-8-12/h1-8H,13-14H2;1-8,13-14H.